The normalized spacial score (nSPS) is 33.4. The van der Waals surface area contributed by atoms with Crippen molar-refractivity contribution in [2.45, 2.75) is 57.1 Å². The quantitative estimate of drug-likeness (QED) is 0.760. The van der Waals surface area contributed by atoms with Gasteiger partial charge < -0.3 is 10.4 Å². The Labute approximate surface area is 149 Å². The lowest BCUT2D eigenvalue weighted by atomic mass is 9.82. The van der Waals surface area contributed by atoms with Crippen LogP contribution in [0.2, 0.25) is 0 Å². The molecular weight excluding hydrogens is 340 g/mol. The van der Waals surface area contributed by atoms with Crippen molar-refractivity contribution < 1.29 is 18.3 Å². The maximum absolute atomic E-state index is 12.7. The molecule has 1 amide bonds. The first-order chi connectivity index (χ1) is 11.4. The van der Waals surface area contributed by atoms with E-state index in [4.69, 9.17) is 0 Å². The lowest BCUT2D eigenvalue weighted by Gasteiger charge is -2.36. The Kier molecular flexibility index (Phi) is 4.25. The zero-order valence-electron chi connectivity index (χ0n) is 15.0. The summed E-state index contributed by atoms with van der Waals surface area (Å²) in [6.45, 7) is 7.46. The number of hydrogen-bond donors (Lipinski definition) is 3. The van der Waals surface area contributed by atoms with Crippen LogP contribution in [0.1, 0.15) is 40.5 Å². The van der Waals surface area contributed by atoms with E-state index in [1.165, 1.54) is 19.1 Å². The third kappa shape index (κ3) is 3.45. The minimum Gasteiger partial charge on any atom is -0.389 e. The summed E-state index contributed by atoms with van der Waals surface area (Å²) < 4.78 is 28.1. The first-order valence-corrected chi connectivity index (χ1v) is 10.0. The lowest BCUT2D eigenvalue weighted by Crippen LogP contribution is -2.53. The molecule has 0 heterocycles. The summed E-state index contributed by atoms with van der Waals surface area (Å²) in [6, 6.07) is 5.50. The van der Waals surface area contributed by atoms with Gasteiger partial charge in [0, 0.05) is 12.6 Å². The summed E-state index contributed by atoms with van der Waals surface area (Å²) in [5.41, 5.74) is -0.346. The largest absolute Gasteiger partial charge is 0.389 e. The highest BCUT2D eigenvalue weighted by Gasteiger charge is 2.64. The fraction of sp³-hybridized carbons (Fsp3) is 0.611. The molecular formula is C18H26N2O4S. The van der Waals surface area contributed by atoms with Gasteiger partial charge >= 0.3 is 0 Å². The molecule has 0 aliphatic heterocycles. The molecule has 25 heavy (non-hydrogen) atoms. The molecule has 2 saturated carbocycles. The van der Waals surface area contributed by atoms with Crippen LogP contribution in [-0.4, -0.2) is 31.1 Å². The standard InChI is InChI=1S/C18H26N2O4S/c1-11(21)19-12-5-7-13(8-6-12)25(23,24)20-16-9-14-15(17(14,2)3)10-18(16,4)22/h5-8,14-16,20,22H,9-10H2,1-4H3,(H,19,21)/t14-,15+,16-,18-/m0/s1. The molecule has 2 aliphatic carbocycles. The van der Waals surface area contributed by atoms with E-state index in [-0.39, 0.29) is 16.2 Å². The van der Waals surface area contributed by atoms with Crippen LogP contribution in [0, 0.1) is 17.3 Å². The van der Waals surface area contributed by atoms with Gasteiger partial charge in [0.2, 0.25) is 15.9 Å². The van der Waals surface area contributed by atoms with Gasteiger partial charge in [-0.1, -0.05) is 13.8 Å². The third-order valence-electron chi connectivity index (χ3n) is 5.94. The molecule has 0 bridgehead atoms. The molecule has 0 radical (unpaired) electrons. The molecule has 0 saturated heterocycles. The van der Waals surface area contributed by atoms with Crippen LogP contribution in [0.25, 0.3) is 0 Å². The third-order valence-corrected chi connectivity index (χ3v) is 7.43. The van der Waals surface area contributed by atoms with Crippen LogP contribution in [-0.2, 0) is 14.8 Å². The van der Waals surface area contributed by atoms with Crippen molar-refractivity contribution in [3.8, 4) is 0 Å². The molecule has 0 spiro atoms. The van der Waals surface area contributed by atoms with Crippen molar-refractivity contribution in [3.05, 3.63) is 24.3 Å². The molecule has 3 N–H and O–H groups in total. The number of carbonyl (C=O) groups is 1. The summed E-state index contributed by atoms with van der Waals surface area (Å²) in [5, 5.41) is 13.3. The van der Waals surface area contributed by atoms with E-state index in [1.54, 1.807) is 19.1 Å². The first-order valence-electron chi connectivity index (χ1n) is 8.56. The zero-order valence-corrected chi connectivity index (χ0v) is 15.9. The smallest absolute Gasteiger partial charge is 0.240 e. The number of rotatable bonds is 4. The number of fused-ring (bicyclic) bond motifs is 1. The van der Waals surface area contributed by atoms with E-state index < -0.39 is 21.7 Å². The molecule has 4 atom stereocenters. The Morgan fingerprint density at radius 3 is 2.32 bits per heavy atom. The molecule has 1 aromatic rings. The van der Waals surface area contributed by atoms with Gasteiger partial charge in [-0.15, -0.1) is 0 Å². The van der Waals surface area contributed by atoms with Gasteiger partial charge in [-0.2, -0.15) is 0 Å². The maximum atomic E-state index is 12.7. The molecule has 138 valence electrons. The number of aliphatic hydroxyl groups is 1. The van der Waals surface area contributed by atoms with Gasteiger partial charge in [-0.3, -0.25) is 4.79 Å². The number of amides is 1. The molecule has 0 aromatic heterocycles. The number of benzene rings is 1. The molecule has 1 aromatic carbocycles. The van der Waals surface area contributed by atoms with Gasteiger partial charge in [0.25, 0.3) is 0 Å². The van der Waals surface area contributed by atoms with E-state index in [2.05, 4.69) is 23.9 Å². The average molecular weight is 366 g/mol. The summed E-state index contributed by atoms with van der Waals surface area (Å²) in [7, 11) is -3.74. The van der Waals surface area contributed by atoms with Crippen molar-refractivity contribution in [1.82, 2.24) is 4.72 Å². The van der Waals surface area contributed by atoms with Crippen LogP contribution >= 0.6 is 0 Å². The Hall–Kier alpha value is -1.44. The fourth-order valence-electron chi connectivity index (χ4n) is 4.18. The Balaban J connectivity index is 1.76. The van der Waals surface area contributed by atoms with Crippen molar-refractivity contribution >= 4 is 21.6 Å². The van der Waals surface area contributed by atoms with E-state index in [0.29, 0.717) is 30.4 Å². The number of sulfonamides is 1. The highest BCUT2D eigenvalue weighted by Crippen LogP contribution is 2.66. The second-order valence-corrected chi connectivity index (χ2v) is 9.92. The predicted molar refractivity (Wildman–Crippen MR) is 95.5 cm³/mol. The molecule has 2 fully saturated rings. The minimum atomic E-state index is -3.74. The molecule has 0 unspecified atom stereocenters. The van der Waals surface area contributed by atoms with E-state index in [1.807, 2.05) is 0 Å². The Morgan fingerprint density at radius 2 is 1.76 bits per heavy atom. The van der Waals surface area contributed by atoms with Crippen LogP contribution < -0.4 is 10.0 Å². The zero-order chi connectivity index (χ0) is 18.6. The number of nitrogens with one attached hydrogen (secondary N) is 2. The Bertz CT molecular complexity index is 784. The number of anilines is 1. The second-order valence-electron chi connectivity index (χ2n) is 8.21. The van der Waals surface area contributed by atoms with Crippen molar-refractivity contribution in [3.63, 3.8) is 0 Å². The molecule has 6 nitrogen and oxygen atoms in total. The van der Waals surface area contributed by atoms with E-state index in [9.17, 15) is 18.3 Å². The minimum absolute atomic E-state index is 0.120. The number of carbonyl (C=O) groups excluding carboxylic acids is 1. The summed E-state index contributed by atoms with van der Waals surface area (Å²) in [5.74, 6) is 0.691. The Morgan fingerprint density at radius 1 is 1.16 bits per heavy atom. The van der Waals surface area contributed by atoms with Crippen molar-refractivity contribution in [2.75, 3.05) is 5.32 Å². The predicted octanol–water partition coefficient (Wildman–Crippen LogP) is 2.11. The molecule has 2 aliphatic rings. The van der Waals surface area contributed by atoms with E-state index in [0.717, 1.165) is 0 Å². The van der Waals surface area contributed by atoms with Crippen molar-refractivity contribution in [2.24, 2.45) is 17.3 Å². The highest BCUT2D eigenvalue weighted by atomic mass is 32.2. The SMILES string of the molecule is CC(=O)Nc1ccc(S(=O)(=O)N[C@H]2C[C@H]3[C@@H](C[C@]2(C)O)C3(C)C)cc1. The number of hydrogen-bond acceptors (Lipinski definition) is 4. The van der Waals surface area contributed by atoms with Gasteiger partial charge in [-0.25, -0.2) is 13.1 Å². The maximum Gasteiger partial charge on any atom is 0.240 e. The second kappa shape index (κ2) is 5.79. The van der Waals surface area contributed by atoms with Crippen LogP contribution in [0.5, 0.6) is 0 Å². The van der Waals surface area contributed by atoms with Gasteiger partial charge in [0.1, 0.15) is 0 Å². The van der Waals surface area contributed by atoms with Crippen LogP contribution in [0.15, 0.2) is 29.2 Å². The molecule has 7 heteroatoms. The topological polar surface area (TPSA) is 95.5 Å². The summed E-state index contributed by atoms with van der Waals surface area (Å²) in [6.07, 6.45) is 1.26. The van der Waals surface area contributed by atoms with E-state index >= 15 is 0 Å². The van der Waals surface area contributed by atoms with Crippen molar-refractivity contribution in [1.29, 1.82) is 0 Å². The van der Waals surface area contributed by atoms with Gasteiger partial charge in [0.15, 0.2) is 0 Å². The lowest BCUT2D eigenvalue weighted by molar-refractivity contribution is -0.114. The van der Waals surface area contributed by atoms with Gasteiger partial charge in [0.05, 0.1) is 16.5 Å². The van der Waals surface area contributed by atoms with Gasteiger partial charge in [-0.05, 0) is 61.3 Å². The average Bonchev–Trinajstić information content (AvgIpc) is 2.98. The van der Waals surface area contributed by atoms with Crippen LogP contribution in [0.3, 0.4) is 0 Å². The molecule has 3 rings (SSSR count). The van der Waals surface area contributed by atoms with Crippen LogP contribution in [0.4, 0.5) is 5.69 Å². The fourth-order valence-corrected chi connectivity index (χ4v) is 5.53. The summed E-state index contributed by atoms with van der Waals surface area (Å²) in [4.78, 5) is 11.2. The monoisotopic (exact) mass is 366 g/mol. The first kappa shape index (κ1) is 18.4. The highest BCUT2D eigenvalue weighted by molar-refractivity contribution is 7.89. The summed E-state index contributed by atoms with van der Waals surface area (Å²) >= 11 is 0.